The molecule has 1 fully saturated rings. The molecule has 29 heavy (non-hydrogen) atoms. The molecule has 3 rings (SSSR count). The molecule has 156 valence electrons. The Morgan fingerprint density at radius 1 is 1.28 bits per heavy atom. The molecule has 1 aromatic carbocycles. The Morgan fingerprint density at radius 3 is 2.62 bits per heavy atom. The predicted molar refractivity (Wildman–Crippen MR) is 103 cm³/mol. The summed E-state index contributed by atoms with van der Waals surface area (Å²) in [5, 5.41) is 2.63. The summed E-state index contributed by atoms with van der Waals surface area (Å²) in [4.78, 5) is 24.6. The van der Waals surface area contributed by atoms with Gasteiger partial charge in [0.15, 0.2) is 0 Å². The zero-order valence-corrected chi connectivity index (χ0v) is 16.9. The third kappa shape index (κ3) is 4.33. The highest BCUT2D eigenvalue weighted by molar-refractivity contribution is 7.89. The van der Waals surface area contributed by atoms with Gasteiger partial charge in [0.05, 0.1) is 6.61 Å². The molecule has 1 atom stereocenters. The van der Waals surface area contributed by atoms with Crippen molar-refractivity contribution in [2.45, 2.75) is 30.7 Å². The summed E-state index contributed by atoms with van der Waals surface area (Å²) >= 11 is 0. The Hall–Kier alpha value is -2.72. The Bertz CT molecular complexity index is 1020. The van der Waals surface area contributed by atoms with Gasteiger partial charge in [-0.25, -0.2) is 17.6 Å². The van der Waals surface area contributed by atoms with Crippen molar-refractivity contribution in [3.8, 4) is 0 Å². The molecule has 1 saturated heterocycles. The maximum Gasteiger partial charge on any atom is 0.354 e. The number of nitrogens with zero attached hydrogens (tertiary/aromatic N) is 2. The number of esters is 1. The molecule has 2 heterocycles. The van der Waals surface area contributed by atoms with Crippen molar-refractivity contribution < 1.29 is 27.1 Å². The molecule has 8 nitrogen and oxygen atoms in total. The highest BCUT2D eigenvalue weighted by atomic mass is 32.2. The second-order valence-corrected chi connectivity index (χ2v) is 8.55. The maximum atomic E-state index is 13.1. The van der Waals surface area contributed by atoms with Gasteiger partial charge in [0.2, 0.25) is 15.9 Å². The van der Waals surface area contributed by atoms with E-state index in [0.717, 1.165) is 4.31 Å². The number of rotatable bonds is 6. The van der Waals surface area contributed by atoms with Crippen molar-refractivity contribution in [2.75, 3.05) is 18.5 Å². The first-order chi connectivity index (χ1) is 13.7. The van der Waals surface area contributed by atoms with Crippen LogP contribution < -0.4 is 5.32 Å². The van der Waals surface area contributed by atoms with Gasteiger partial charge in [0, 0.05) is 25.5 Å². The number of aryl methyl sites for hydroxylation is 1. The highest BCUT2D eigenvalue weighted by Crippen LogP contribution is 2.28. The first kappa shape index (κ1) is 21.0. The summed E-state index contributed by atoms with van der Waals surface area (Å²) < 4.78 is 46.7. The van der Waals surface area contributed by atoms with E-state index in [9.17, 15) is 22.4 Å². The van der Waals surface area contributed by atoms with E-state index in [4.69, 9.17) is 4.74 Å². The molecule has 1 aromatic heterocycles. The van der Waals surface area contributed by atoms with Gasteiger partial charge in [-0.15, -0.1) is 0 Å². The second kappa shape index (κ2) is 8.34. The fourth-order valence-corrected chi connectivity index (χ4v) is 5.00. The molecule has 2 aromatic rings. The average Bonchev–Trinajstić information content (AvgIpc) is 3.31. The Kier molecular flexibility index (Phi) is 6.04. The number of carbonyl (C=O) groups is 2. The first-order valence-electron chi connectivity index (χ1n) is 9.15. The van der Waals surface area contributed by atoms with Crippen molar-refractivity contribution in [3.05, 3.63) is 48.0 Å². The van der Waals surface area contributed by atoms with Gasteiger partial charge in [-0.05, 0) is 50.1 Å². The van der Waals surface area contributed by atoms with Crippen LogP contribution >= 0.6 is 0 Å². The smallest absolute Gasteiger partial charge is 0.354 e. The number of hydrogen-bond donors (Lipinski definition) is 1. The topological polar surface area (TPSA) is 97.7 Å². The summed E-state index contributed by atoms with van der Waals surface area (Å²) in [5.41, 5.74) is 0.488. The van der Waals surface area contributed by atoms with Crippen LogP contribution in [0.25, 0.3) is 0 Å². The van der Waals surface area contributed by atoms with E-state index in [0.29, 0.717) is 18.5 Å². The minimum atomic E-state index is -4.00. The van der Waals surface area contributed by atoms with Gasteiger partial charge >= 0.3 is 5.97 Å². The molecule has 1 aliphatic rings. The summed E-state index contributed by atoms with van der Waals surface area (Å²) in [6, 6.07) is 5.59. The van der Waals surface area contributed by atoms with Crippen LogP contribution in [0.15, 0.2) is 41.4 Å². The minimum absolute atomic E-state index is 0.0791. The van der Waals surface area contributed by atoms with Crippen molar-refractivity contribution in [3.63, 3.8) is 0 Å². The molecule has 0 spiro atoms. The number of hydrogen-bond acceptors (Lipinski definition) is 5. The molecule has 0 unspecified atom stereocenters. The van der Waals surface area contributed by atoms with Crippen molar-refractivity contribution in [1.29, 1.82) is 0 Å². The Morgan fingerprint density at radius 2 is 1.97 bits per heavy atom. The standard InChI is InChI=1S/C19H22FN3O5S/c1-3-28-19(25)17-11-15(12-22(17)2)29(26,27)23-10-4-5-16(23)18(24)21-14-8-6-13(20)7-9-14/h6-9,11-12,16H,3-5,10H2,1-2H3,(H,21,24)/t16-/m0/s1. The Labute approximate surface area is 168 Å². The van der Waals surface area contributed by atoms with Crippen LogP contribution in [0.5, 0.6) is 0 Å². The molecule has 0 bridgehead atoms. The molecular weight excluding hydrogens is 401 g/mol. The van der Waals surface area contributed by atoms with Crippen LogP contribution in [0, 0.1) is 5.82 Å². The van der Waals surface area contributed by atoms with E-state index in [1.807, 2.05) is 0 Å². The molecule has 1 amide bonds. The fraction of sp³-hybridized carbons (Fsp3) is 0.368. The predicted octanol–water partition coefficient (Wildman–Crippen LogP) is 2.13. The average molecular weight is 423 g/mol. The van der Waals surface area contributed by atoms with Crippen molar-refractivity contribution in [2.24, 2.45) is 7.05 Å². The zero-order valence-electron chi connectivity index (χ0n) is 16.1. The number of amides is 1. The maximum absolute atomic E-state index is 13.1. The quantitative estimate of drug-likeness (QED) is 0.718. The van der Waals surface area contributed by atoms with Crippen LogP contribution in [0.1, 0.15) is 30.3 Å². The van der Waals surface area contributed by atoms with Gasteiger partial charge in [0.25, 0.3) is 0 Å². The molecular formula is C19H22FN3O5S. The molecule has 0 aliphatic carbocycles. The Balaban J connectivity index is 1.82. The van der Waals surface area contributed by atoms with Crippen molar-refractivity contribution >= 4 is 27.6 Å². The molecule has 0 saturated carbocycles. The third-order valence-electron chi connectivity index (χ3n) is 4.69. The van der Waals surface area contributed by atoms with E-state index in [2.05, 4.69) is 5.32 Å². The van der Waals surface area contributed by atoms with E-state index in [-0.39, 0.29) is 23.7 Å². The monoisotopic (exact) mass is 423 g/mol. The van der Waals surface area contributed by atoms with Gasteiger partial charge < -0.3 is 14.6 Å². The molecule has 1 N–H and O–H groups in total. The molecule has 1 aliphatic heterocycles. The normalized spacial score (nSPS) is 17.3. The van der Waals surface area contributed by atoms with Crippen LogP contribution in [0.4, 0.5) is 10.1 Å². The first-order valence-corrected chi connectivity index (χ1v) is 10.6. The number of nitrogens with one attached hydrogen (secondary N) is 1. The van der Waals surface area contributed by atoms with E-state index in [1.165, 1.54) is 41.1 Å². The summed E-state index contributed by atoms with van der Waals surface area (Å²) in [6.07, 6.45) is 2.22. The van der Waals surface area contributed by atoms with Crippen LogP contribution in [-0.4, -0.2) is 48.4 Å². The van der Waals surface area contributed by atoms with Gasteiger partial charge in [-0.3, -0.25) is 4.79 Å². The van der Waals surface area contributed by atoms with Crippen molar-refractivity contribution in [1.82, 2.24) is 8.87 Å². The van der Waals surface area contributed by atoms with Crippen LogP contribution in [0.2, 0.25) is 0 Å². The van der Waals surface area contributed by atoms with E-state index >= 15 is 0 Å². The third-order valence-corrected chi connectivity index (χ3v) is 6.56. The van der Waals surface area contributed by atoms with E-state index in [1.54, 1.807) is 14.0 Å². The van der Waals surface area contributed by atoms with Crippen LogP contribution in [-0.2, 0) is 26.6 Å². The second-order valence-electron chi connectivity index (χ2n) is 6.66. The minimum Gasteiger partial charge on any atom is -0.461 e. The molecule has 10 heteroatoms. The summed E-state index contributed by atoms with van der Waals surface area (Å²) in [6.45, 7) is 2.02. The van der Waals surface area contributed by atoms with E-state index < -0.39 is 33.8 Å². The number of anilines is 1. The zero-order chi connectivity index (χ0) is 21.2. The lowest BCUT2D eigenvalue weighted by atomic mass is 10.2. The fourth-order valence-electron chi connectivity index (χ4n) is 3.27. The lowest BCUT2D eigenvalue weighted by Crippen LogP contribution is -2.43. The number of carbonyl (C=O) groups excluding carboxylic acids is 2. The number of halogens is 1. The number of ether oxygens (including phenoxy) is 1. The van der Waals surface area contributed by atoms with Gasteiger partial charge in [0.1, 0.15) is 22.4 Å². The largest absolute Gasteiger partial charge is 0.461 e. The lowest BCUT2D eigenvalue weighted by molar-refractivity contribution is -0.119. The van der Waals surface area contributed by atoms with Gasteiger partial charge in [-0.2, -0.15) is 4.31 Å². The number of benzene rings is 1. The summed E-state index contributed by atoms with van der Waals surface area (Å²) in [5.74, 6) is -1.54. The summed E-state index contributed by atoms with van der Waals surface area (Å²) in [7, 11) is -2.45. The SMILES string of the molecule is CCOC(=O)c1cc(S(=O)(=O)N2CCC[C@H]2C(=O)Nc2ccc(F)cc2)cn1C. The molecule has 0 radical (unpaired) electrons. The highest BCUT2D eigenvalue weighted by Gasteiger charge is 2.40. The number of aromatic nitrogens is 1. The lowest BCUT2D eigenvalue weighted by Gasteiger charge is -2.22. The van der Waals surface area contributed by atoms with Crippen LogP contribution in [0.3, 0.4) is 0 Å². The van der Waals surface area contributed by atoms with Gasteiger partial charge in [-0.1, -0.05) is 0 Å². The number of sulfonamides is 1.